The molecule has 0 spiro atoms. The molecule has 2 heterocycles. The van der Waals surface area contributed by atoms with Gasteiger partial charge >= 0.3 is 0 Å². The Morgan fingerprint density at radius 1 is 1.38 bits per heavy atom. The molecular formula is C15H18Cl2N2O2. The van der Waals surface area contributed by atoms with E-state index in [1.807, 2.05) is 24.0 Å². The second-order valence-electron chi connectivity index (χ2n) is 5.30. The number of fused-ring (bicyclic) bond motifs is 1. The highest BCUT2D eigenvalue weighted by molar-refractivity contribution is 6.35. The van der Waals surface area contributed by atoms with Crippen molar-refractivity contribution < 1.29 is 9.21 Å². The molecule has 1 amide bonds. The van der Waals surface area contributed by atoms with Crippen molar-refractivity contribution in [3.63, 3.8) is 0 Å². The van der Waals surface area contributed by atoms with Gasteiger partial charge < -0.3 is 15.1 Å². The third-order valence-corrected chi connectivity index (χ3v) is 4.23. The van der Waals surface area contributed by atoms with E-state index < -0.39 is 0 Å². The van der Waals surface area contributed by atoms with E-state index in [2.05, 4.69) is 0 Å². The molecule has 2 aromatic rings. The molecular weight excluding hydrogens is 311 g/mol. The van der Waals surface area contributed by atoms with Gasteiger partial charge in [0.1, 0.15) is 0 Å². The van der Waals surface area contributed by atoms with Crippen LogP contribution in [0, 0.1) is 6.92 Å². The average Bonchev–Trinajstić information content (AvgIpc) is 2.78. The van der Waals surface area contributed by atoms with Crippen LogP contribution < -0.4 is 5.73 Å². The summed E-state index contributed by atoms with van der Waals surface area (Å²) in [5, 5.41) is 1.43. The van der Waals surface area contributed by atoms with Gasteiger partial charge in [0.15, 0.2) is 11.3 Å². The number of carbonyl (C=O) groups is 1. The van der Waals surface area contributed by atoms with Crippen molar-refractivity contribution in [3.05, 3.63) is 34.5 Å². The van der Waals surface area contributed by atoms with Crippen LogP contribution in [0.3, 0.4) is 0 Å². The smallest absolute Gasteiger partial charge is 0.289 e. The number of furan rings is 1. The summed E-state index contributed by atoms with van der Waals surface area (Å²) >= 11 is 6.12. The monoisotopic (exact) mass is 328 g/mol. The van der Waals surface area contributed by atoms with Crippen LogP contribution in [0.25, 0.3) is 11.0 Å². The predicted octanol–water partition coefficient (Wildman–Crippen LogP) is 3.38. The third kappa shape index (κ3) is 2.89. The summed E-state index contributed by atoms with van der Waals surface area (Å²) in [4.78, 5) is 14.4. The van der Waals surface area contributed by atoms with Gasteiger partial charge in [-0.25, -0.2) is 0 Å². The number of benzene rings is 1. The first-order valence-corrected chi connectivity index (χ1v) is 7.18. The predicted molar refractivity (Wildman–Crippen MR) is 86.3 cm³/mol. The van der Waals surface area contributed by atoms with Gasteiger partial charge in [-0.05, 0) is 25.8 Å². The fraction of sp³-hybridized carbons (Fsp3) is 0.400. The van der Waals surface area contributed by atoms with Crippen LogP contribution in [0.5, 0.6) is 0 Å². The van der Waals surface area contributed by atoms with Crippen molar-refractivity contribution >= 4 is 40.9 Å². The molecule has 1 aromatic heterocycles. The Morgan fingerprint density at radius 3 is 2.67 bits per heavy atom. The molecule has 1 aliphatic rings. The van der Waals surface area contributed by atoms with Crippen LogP contribution in [-0.4, -0.2) is 29.9 Å². The van der Waals surface area contributed by atoms with Gasteiger partial charge in [0, 0.05) is 30.1 Å². The van der Waals surface area contributed by atoms with E-state index in [1.165, 1.54) is 0 Å². The molecule has 1 saturated heterocycles. The maximum absolute atomic E-state index is 12.6. The molecule has 3 rings (SSSR count). The number of nitrogens with zero attached hydrogens (tertiary/aromatic N) is 1. The molecule has 1 aliphatic heterocycles. The van der Waals surface area contributed by atoms with E-state index in [0.717, 1.165) is 23.8 Å². The molecule has 0 bridgehead atoms. The molecule has 21 heavy (non-hydrogen) atoms. The minimum absolute atomic E-state index is 0. The molecule has 0 saturated carbocycles. The van der Waals surface area contributed by atoms with E-state index in [9.17, 15) is 4.79 Å². The second-order valence-corrected chi connectivity index (χ2v) is 5.71. The SMILES string of the molecule is Cc1c(C(=O)N2CCC(N)CC2)oc2c(Cl)cccc12.Cl. The largest absolute Gasteiger partial charge is 0.449 e. The number of nitrogens with two attached hydrogens (primary N) is 1. The Labute approximate surface area is 134 Å². The van der Waals surface area contributed by atoms with E-state index in [4.69, 9.17) is 21.8 Å². The minimum Gasteiger partial charge on any atom is -0.449 e. The van der Waals surface area contributed by atoms with Crippen molar-refractivity contribution in [1.82, 2.24) is 4.90 Å². The van der Waals surface area contributed by atoms with Gasteiger partial charge in [-0.1, -0.05) is 23.7 Å². The van der Waals surface area contributed by atoms with E-state index in [0.29, 0.717) is 29.5 Å². The first-order valence-electron chi connectivity index (χ1n) is 6.80. The molecule has 0 unspecified atom stereocenters. The third-order valence-electron chi connectivity index (χ3n) is 3.94. The van der Waals surface area contributed by atoms with Gasteiger partial charge in [-0.2, -0.15) is 0 Å². The van der Waals surface area contributed by atoms with Gasteiger partial charge in [-0.15, -0.1) is 12.4 Å². The average molecular weight is 329 g/mol. The van der Waals surface area contributed by atoms with Crippen LogP contribution >= 0.6 is 24.0 Å². The molecule has 1 aromatic carbocycles. The number of amides is 1. The first-order chi connectivity index (χ1) is 9.58. The zero-order chi connectivity index (χ0) is 14.3. The summed E-state index contributed by atoms with van der Waals surface area (Å²) in [6.07, 6.45) is 1.68. The second kappa shape index (κ2) is 6.26. The lowest BCUT2D eigenvalue weighted by Crippen LogP contribution is -2.42. The van der Waals surface area contributed by atoms with Crippen LogP contribution in [0.4, 0.5) is 0 Å². The van der Waals surface area contributed by atoms with Gasteiger partial charge in [0.25, 0.3) is 5.91 Å². The maximum Gasteiger partial charge on any atom is 0.289 e. The highest BCUT2D eigenvalue weighted by Gasteiger charge is 2.26. The summed E-state index contributed by atoms with van der Waals surface area (Å²) in [5.41, 5.74) is 7.30. The summed E-state index contributed by atoms with van der Waals surface area (Å²) in [5.74, 6) is 0.324. The standard InChI is InChI=1S/C15H17ClN2O2.ClH/c1-9-11-3-2-4-12(16)14(11)20-13(9)15(19)18-7-5-10(17)6-8-18;/h2-4,10H,5-8,17H2,1H3;1H. The molecule has 6 heteroatoms. The van der Waals surface area contributed by atoms with Crippen LogP contribution in [0.15, 0.2) is 22.6 Å². The quantitative estimate of drug-likeness (QED) is 0.872. The van der Waals surface area contributed by atoms with E-state index in [1.54, 1.807) is 6.07 Å². The van der Waals surface area contributed by atoms with Gasteiger partial charge in [0.05, 0.1) is 5.02 Å². The Hall–Kier alpha value is -1.23. The van der Waals surface area contributed by atoms with Crippen LogP contribution in [0.2, 0.25) is 5.02 Å². The fourth-order valence-corrected chi connectivity index (χ4v) is 2.87. The Kier molecular flexibility index (Phi) is 4.81. The number of carbonyl (C=O) groups excluding carboxylic acids is 1. The molecule has 0 aliphatic carbocycles. The van der Waals surface area contributed by atoms with Gasteiger partial charge in [0.2, 0.25) is 0 Å². The number of piperidine rings is 1. The molecule has 0 radical (unpaired) electrons. The number of hydrogen-bond acceptors (Lipinski definition) is 3. The normalized spacial score (nSPS) is 16.0. The van der Waals surface area contributed by atoms with E-state index >= 15 is 0 Å². The van der Waals surface area contributed by atoms with Crippen molar-refractivity contribution in [2.45, 2.75) is 25.8 Å². The number of halogens is 2. The Bertz CT molecular complexity index is 661. The van der Waals surface area contributed by atoms with Crippen LogP contribution in [0.1, 0.15) is 29.0 Å². The van der Waals surface area contributed by atoms with Crippen molar-refractivity contribution in [1.29, 1.82) is 0 Å². The lowest BCUT2D eigenvalue weighted by atomic mass is 10.1. The highest BCUT2D eigenvalue weighted by atomic mass is 35.5. The molecule has 1 fully saturated rings. The maximum atomic E-state index is 12.6. The zero-order valence-electron chi connectivity index (χ0n) is 11.8. The summed E-state index contributed by atoms with van der Waals surface area (Å²) in [6.45, 7) is 3.26. The molecule has 114 valence electrons. The molecule has 2 N–H and O–H groups in total. The van der Waals surface area contributed by atoms with Crippen LogP contribution in [-0.2, 0) is 0 Å². The first kappa shape index (κ1) is 16.1. The number of likely N-dealkylation sites (tertiary alicyclic amines) is 1. The topological polar surface area (TPSA) is 59.5 Å². The number of hydrogen-bond donors (Lipinski definition) is 1. The Morgan fingerprint density at radius 2 is 2.05 bits per heavy atom. The number of aryl methyl sites for hydroxylation is 1. The molecule has 0 atom stereocenters. The van der Waals surface area contributed by atoms with Crippen molar-refractivity contribution in [3.8, 4) is 0 Å². The van der Waals surface area contributed by atoms with Crippen molar-refractivity contribution in [2.75, 3.05) is 13.1 Å². The Balaban J connectivity index is 0.00000161. The lowest BCUT2D eigenvalue weighted by molar-refractivity contribution is 0.0684. The van der Waals surface area contributed by atoms with Crippen molar-refractivity contribution in [2.24, 2.45) is 5.73 Å². The lowest BCUT2D eigenvalue weighted by Gasteiger charge is -2.29. The summed E-state index contributed by atoms with van der Waals surface area (Å²) in [7, 11) is 0. The number of rotatable bonds is 1. The molecule has 4 nitrogen and oxygen atoms in total. The minimum atomic E-state index is -0.0679. The summed E-state index contributed by atoms with van der Waals surface area (Å²) in [6, 6.07) is 5.75. The summed E-state index contributed by atoms with van der Waals surface area (Å²) < 4.78 is 5.72. The highest BCUT2D eigenvalue weighted by Crippen LogP contribution is 2.31. The van der Waals surface area contributed by atoms with Gasteiger partial charge in [-0.3, -0.25) is 4.79 Å². The number of para-hydroxylation sites is 1. The zero-order valence-corrected chi connectivity index (χ0v) is 13.3. The van der Waals surface area contributed by atoms with E-state index in [-0.39, 0.29) is 24.4 Å². The fourth-order valence-electron chi connectivity index (χ4n) is 2.66.